The average Bonchev–Trinajstić information content (AvgIpc) is 2.96. The van der Waals surface area contributed by atoms with Gasteiger partial charge in [0.2, 0.25) is 11.6 Å². The molecule has 0 saturated heterocycles. The number of rotatable bonds is 7. The van der Waals surface area contributed by atoms with Crippen LogP contribution in [0.2, 0.25) is 0 Å². The molecule has 0 bridgehead atoms. The summed E-state index contributed by atoms with van der Waals surface area (Å²) in [6.07, 6.45) is 0.743. The van der Waals surface area contributed by atoms with E-state index >= 15 is 0 Å². The van der Waals surface area contributed by atoms with Crippen molar-refractivity contribution in [3.8, 4) is 6.07 Å². The molecule has 9 heteroatoms. The van der Waals surface area contributed by atoms with E-state index in [1.54, 1.807) is 19.9 Å². The predicted octanol–water partition coefficient (Wildman–Crippen LogP) is 2.59. The number of nitrogens with zero attached hydrogens (tertiary/aromatic N) is 2. The number of ketones is 2. The molecule has 0 aliphatic heterocycles. The van der Waals surface area contributed by atoms with Crippen molar-refractivity contribution in [2.24, 2.45) is 12.5 Å². The number of aryl methyl sites for hydroxylation is 1. The Hall–Kier alpha value is -3.38. The first-order chi connectivity index (χ1) is 13.5. The first kappa shape index (κ1) is 21.9. The van der Waals surface area contributed by atoms with Gasteiger partial charge < -0.3 is 15.0 Å². The highest BCUT2D eigenvalue weighted by Crippen LogP contribution is 2.23. The van der Waals surface area contributed by atoms with E-state index in [2.05, 4.69) is 5.32 Å². The minimum Gasteiger partial charge on any atom is -0.396 e. The highest BCUT2D eigenvalue weighted by Gasteiger charge is 2.31. The minimum atomic E-state index is -1.17. The standard InChI is InChI=1S/C20H19F2N3O4/c1-20(2,10-26)7-15(27)18(28)13-9-25(3)17(16(13)22)19(29)24-12-4-5-14(21)11(6-12)8-23/h4-6,9,26H,7,10H2,1-3H3,(H,24,29). The summed E-state index contributed by atoms with van der Waals surface area (Å²) in [7, 11) is 1.32. The van der Waals surface area contributed by atoms with Crippen molar-refractivity contribution in [1.82, 2.24) is 4.57 Å². The lowest BCUT2D eigenvalue weighted by atomic mass is 9.86. The molecule has 2 rings (SSSR count). The third-order valence-corrected chi connectivity index (χ3v) is 4.24. The Bertz CT molecular complexity index is 1040. The molecule has 0 radical (unpaired) electrons. The van der Waals surface area contributed by atoms with E-state index in [-0.39, 0.29) is 24.3 Å². The number of carbonyl (C=O) groups is 3. The summed E-state index contributed by atoms with van der Waals surface area (Å²) in [4.78, 5) is 36.9. The second-order valence-corrected chi connectivity index (χ2v) is 7.33. The molecule has 0 aliphatic carbocycles. The lowest BCUT2D eigenvalue weighted by molar-refractivity contribution is -0.117. The van der Waals surface area contributed by atoms with Crippen molar-refractivity contribution < 1.29 is 28.3 Å². The van der Waals surface area contributed by atoms with Gasteiger partial charge in [-0.25, -0.2) is 8.78 Å². The van der Waals surface area contributed by atoms with Gasteiger partial charge in [0.05, 0.1) is 11.1 Å². The maximum atomic E-state index is 14.8. The van der Waals surface area contributed by atoms with Crippen molar-refractivity contribution in [2.45, 2.75) is 20.3 Å². The number of amides is 1. The molecule has 0 saturated carbocycles. The highest BCUT2D eigenvalue weighted by molar-refractivity contribution is 6.44. The number of anilines is 1. The fourth-order valence-corrected chi connectivity index (χ4v) is 2.62. The fourth-order valence-electron chi connectivity index (χ4n) is 2.62. The number of nitrogens with one attached hydrogen (secondary N) is 1. The molecule has 0 unspecified atom stereocenters. The van der Waals surface area contributed by atoms with Crippen LogP contribution >= 0.6 is 0 Å². The van der Waals surface area contributed by atoms with E-state index in [9.17, 15) is 28.3 Å². The van der Waals surface area contributed by atoms with E-state index in [0.717, 1.165) is 22.9 Å². The number of benzene rings is 1. The van der Waals surface area contributed by atoms with Crippen LogP contribution in [0.4, 0.5) is 14.5 Å². The van der Waals surface area contributed by atoms with Crippen LogP contribution < -0.4 is 5.32 Å². The molecule has 1 aromatic heterocycles. The molecule has 29 heavy (non-hydrogen) atoms. The Balaban J connectivity index is 2.29. The molecule has 0 aliphatic rings. The van der Waals surface area contributed by atoms with E-state index in [0.29, 0.717) is 0 Å². The van der Waals surface area contributed by atoms with Crippen LogP contribution in [-0.2, 0) is 11.8 Å². The molecule has 1 amide bonds. The molecule has 152 valence electrons. The molecule has 0 atom stereocenters. The third-order valence-electron chi connectivity index (χ3n) is 4.24. The van der Waals surface area contributed by atoms with Crippen LogP contribution in [0.15, 0.2) is 24.4 Å². The van der Waals surface area contributed by atoms with Crippen LogP contribution in [0.25, 0.3) is 0 Å². The zero-order chi connectivity index (χ0) is 21.9. The normalized spacial score (nSPS) is 11.1. The first-order valence-electron chi connectivity index (χ1n) is 8.55. The number of halogens is 2. The topological polar surface area (TPSA) is 112 Å². The molecule has 2 aromatic rings. The molecular weight excluding hydrogens is 384 g/mol. The number of hydrogen-bond donors (Lipinski definition) is 2. The van der Waals surface area contributed by atoms with Gasteiger partial charge in [-0.3, -0.25) is 14.4 Å². The Kier molecular flexibility index (Phi) is 6.29. The number of aliphatic hydroxyl groups excluding tert-OH is 1. The van der Waals surface area contributed by atoms with Gasteiger partial charge in [-0.2, -0.15) is 5.26 Å². The lowest BCUT2D eigenvalue weighted by Crippen LogP contribution is -2.26. The van der Waals surface area contributed by atoms with E-state index in [4.69, 9.17) is 5.26 Å². The van der Waals surface area contributed by atoms with E-state index < -0.39 is 45.8 Å². The maximum absolute atomic E-state index is 14.8. The number of aliphatic hydroxyl groups is 1. The molecule has 1 aromatic carbocycles. The molecule has 1 heterocycles. The summed E-state index contributed by atoms with van der Waals surface area (Å²) in [5.74, 6) is -4.88. The van der Waals surface area contributed by atoms with E-state index in [1.807, 2.05) is 0 Å². The van der Waals surface area contributed by atoms with Crippen LogP contribution in [0.1, 0.15) is 46.7 Å². The number of aromatic nitrogens is 1. The fraction of sp³-hybridized carbons (Fsp3) is 0.300. The smallest absolute Gasteiger partial charge is 0.275 e. The van der Waals surface area contributed by atoms with Crippen molar-refractivity contribution in [3.05, 3.63) is 52.9 Å². The zero-order valence-electron chi connectivity index (χ0n) is 16.0. The Labute approximate surface area is 165 Å². The van der Waals surface area contributed by atoms with Gasteiger partial charge in [0.25, 0.3) is 5.91 Å². The summed E-state index contributed by atoms with van der Waals surface area (Å²) in [6, 6.07) is 4.88. The van der Waals surface area contributed by atoms with Gasteiger partial charge >= 0.3 is 0 Å². The van der Waals surface area contributed by atoms with Gasteiger partial charge in [0.15, 0.2) is 5.82 Å². The van der Waals surface area contributed by atoms with Crippen molar-refractivity contribution in [1.29, 1.82) is 5.26 Å². The summed E-state index contributed by atoms with van der Waals surface area (Å²) < 4.78 is 29.2. The van der Waals surface area contributed by atoms with Crippen molar-refractivity contribution >= 4 is 23.2 Å². The Morgan fingerprint density at radius 1 is 1.28 bits per heavy atom. The number of nitriles is 1. The highest BCUT2D eigenvalue weighted by atomic mass is 19.1. The summed E-state index contributed by atoms with van der Waals surface area (Å²) in [6.45, 7) is 2.83. The van der Waals surface area contributed by atoms with Crippen molar-refractivity contribution in [3.63, 3.8) is 0 Å². The summed E-state index contributed by atoms with van der Waals surface area (Å²) in [5, 5.41) is 20.4. The summed E-state index contributed by atoms with van der Waals surface area (Å²) >= 11 is 0. The Morgan fingerprint density at radius 3 is 2.52 bits per heavy atom. The third kappa shape index (κ3) is 4.73. The second kappa shape index (κ2) is 8.32. The largest absolute Gasteiger partial charge is 0.396 e. The average molecular weight is 403 g/mol. The van der Waals surface area contributed by atoms with Crippen molar-refractivity contribution in [2.75, 3.05) is 11.9 Å². The first-order valence-corrected chi connectivity index (χ1v) is 8.55. The molecule has 7 nitrogen and oxygen atoms in total. The number of Topliss-reactive ketones (excluding diaryl/α,β-unsaturated/α-hetero) is 2. The van der Waals surface area contributed by atoms with E-state index in [1.165, 1.54) is 13.1 Å². The monoisotopic (exact) mass is 403 g/mol. The second-order valence-electron chi connectivity index (χ2n) is 7.33. The van der Waals surface area contributed by atoms with Crippen LogP contribution in [0.3, 0.4) is 0 Å². The van der Waals surface area contributed by atoms with Gasteiger partial charge in [-0.05, 0) is 23.6 Å². The van der Waals surface area contributed by atoms with Gasteiger partial charge in [0.1, 0.15) is 17.6 Å². The Morgan fingerprint density at radius 2 is 1.93 bits per heavy atom. The SMILES string of the molecule is Cn1cc(C(=O)C(=O)CC(C)(C)CO)c(F)c1C(=O)Nc1ccc(F)c(C#N)c1. The predicted molar refractivity (Wildman–Crippen MR) is 99.3 cm³/mol. The lowest BCUT2D eigenvalue weighted by Gasteiger charge is -2.19. The number of carbonyl (C=O) groups excluding carboxylic acids is 3. The molecule has 2 N–H and O–H groups in total. The number of hydrogen-bond acceptors (Lipinski definition) is 5. The molecule has 0 spiro atoms. The summed E-state index contributed by atoms with van der Waals surface area (Å²) in [5.41, 5.74) is -2.16. The zero-order valence-corrected chi connectivity index (χ0v) is 16.0. The van der Waals surface area contributed by atoms with Crippen LogP contribution in [0, 0.1) is 28.4 Å². The van der Waals surface area contributed by atoms with Crippen LogP contribution in [0.5, 0.6) is 0 Å². The quantitative estimate of drug-likeness (QED) is 0.545. The van der Waals surface area contributed by atoms with Crippen LogP contribution in [-0.4, -0.2) is 33.8 Å². The molecular formula is C20H19F2N3O4. The minimum absolute atomic E-state index is 0.0576. The van der Waals surface area contributed by atoms with Gasteiger partial charge in [-0.15, -0.1) is 0 Å². The van der Waals surface area contributed by atoms with Gasteiger partial charge in [-0.1, -0.05) is 13.8 Å². The maximum Gasteiger partial charge on any atom is 0.275 e. The molecule has 0 fully saturated rings. The van der Waals surface area contributed by atoms with Gasteiger partial charge in [0, 0.05) is 32.0 Å².